The number of benzene rings is 2. The van der Waals surface area contributed by atoms with Gasteiger partial charge in [0.05, 0.1) is 0 Å². The Kier molecular flexibility index (Phi) is 6.91. The largest absolute Gasteiger partial charge is 1.00 e. The quantitative estimate of drug-likeness (QED) is 0.478. The van der Waals surface area contributed by atoms with Gasteiger partial charge >= 0.3 is 151 Å². The Morgan fingerprint density at radius 1 is 0.962 bits per heavy atom. The molecule has 0 saturated carbocycles. The molecule has 0 saturated heterocycles. The minimum absolute atomic E-state index is 0. The van der Waals surface area contributed by atoms with Gasteiger partial charge in [-0.15, -0.1) is 0 Å². The monoisotopic (exact) mass is 418 g/mol. The smallest absolute Gasteiger partial charge is 1.00 e. The summed E-state index contributed by atoms with van der Waals surface area (Å²) < 4.78 is 5.08. The number of rotatable bonds is 2. The summed E-state index contributed by atoms with van der Waals surface area (Å²) in [7, 11) is 0. The van der Waals surface area contributed by atoms with Crippen LogP contribution in [0.2, 0.25) is 0 Å². The first-order valence-corrected chi connectivity index (χ1v) is 11.2. The number of hydrogen-bond donors (Lipinski definition) is 0. The molecule has 0 N–H and O–H groups in total. The third-order valence-electron chi connectivity index (χ3n) is 5.40. The van der Waals surface area contributed by atoms with E-state index in [0.717, 1.165) is 6.42 Å². The fraction of sp³-hybridized carbons (Fsp3) is 0.261. The molecule has 2 aliphatic rings. The van der Waals surface area contributed by atoms with Crippen molar-refractivity contribution in [2.24, 2.45) is 5.92 Å². The Balaban J connectivity index is 0.00000121. The van der Waals surface area contributed by atoms with Gasteiger partial charge in [-0.2, -0.15) is 0 Å². The Morgan fingerprint density at radius 2 is 1.65 bits per heavy atom. The molecule has 1 atom stereocenters. The normalized spacial score (nSPS) is 16.2. The van der Waals surface area contributed by atoms with Crippen LogP contribution in [0.3, 0.4) is 0 Å². The molecule has 0 fully saturated rings. The van der Waals surface area contributed by atoms with Crippen LogP contribution < -0.4 is 28.7 Å². The molecule has 3 heteroatoms. The molecule has 0 bridgehead atoms. The van der Waals surface area contributed by atoms with Gasteiger partial charge in [-0.05, 0) is 0 Å². The number of hydrogen-bond acceptors (Lipinski definition) is 0. The van der Waals surface area contributed by atoms with E-state index in [4.69, 9.17) is 0 Å². The van der Waals surface area contributed by atoms with Crippen LogP contribution >= 0.6 is 0 Å². The maximum atomic E-state index is 2.43. The maximum absolute atomic E-state index is 2.43. The van der Waals surface area contributed by atoms with Gasteiger partial charge in [0, 0.05) is 0 Å². The van der Waals surface area contributed by atoms with Gasteiger partial charge in [0.15, 0.2) is 0 Å². The predicted molar refractivity (Wildman–Crippen MR) is 102 cm³/mol. The fourth-order valence-corrected chi connectivity index (χ4v) is 9.31. The first kappa shape index (κ1) is 21.4. The Bertz CT molecular complexity index is 931. The molecule has 2 aromatic rings. The van der Waals surface area contributed by atoms with Crippen molar-refractivity contribution in [2.45, 2.75) is 34.1 Å². The van der Waals surface area contributed by atoms with E-state index in [9.17, 15) is 0 Å². The van der Waals surface area contributed by atoms with Crippen LogP contribution in [0.1, 0.15) is 38.8 Å². The van der Waals surface area contributed by atoms with Crippen molar-refractivity contribution in [3.8, 4) is 11.1 Å². The van der Waals surface area contributed by atoms with Gasteiger partial charge in [0.25, 0.3) is 0 Å². The molecular formula is C23H24Cl2Ti. The molecule has 2 aliphatic carbocycles. The van der Waals surface area contributed by atoms with Crippen LogP contribution in [-0.4, -0.2) is 3.81 Å². The van der Waals surface area contributed by atoms with Crippen LogP contribution in [-0.2, 0) is 23.8 Å². The second kappa shape index (κ2) is 8.40. The zero-order chi connectivity index (χ0) is 16.8. The van der Waals surface area contributed by atoms with Crippen LogP contribution in [0.15, 0.2) is 64.1 Å². The molecule has 2 aromatic carbocycles. The molecule has 0 amide bonds. The zero-order valence-corrected chi connectivity index (χ0v) is 18.8. The Morgan fingerprint density at radius 3 is 2.31 bits per heavy atom. The van der Waals surface area contributed by atoms with Crippen molar-refractivity contribution in [1.29, 1.82) is 0 Å². The van der Waals surface area contributed by atoms with Gasteiger partial charge in [-0.3, -0.25) is 0 Å². The molecular weight excluding hydrogens is 395 g/mol. The van der Waals surface area contributed by atoms with E-state index in [1.165, 1.54) is 22.3 Å². The number of fused-ring (bicyclic) bond motifs is 3. The standard InChI is InChI=1S/C13H9.C7H9.C3H6.2ClH.Ti/c1-3-7-12-10(5-1)9-11-6-2-4-8-13(11)12;1-6-3-4-7(2)5-6;1-3-2;;;/h1-5,7-8H,9H2;3-4,6H,1-2H3;1-2H3;2*1H;/q;;;;;+2/p-2. The van der Waals surface area contributed by atoms with Gasteiger partial charge in [-0.25, -0.2) is 0 Å². The molecule has 0 radical (unpaired) electrons. The third-order valence-corrected chi connectivity index (χ3v) is 10.7. The van der Waals surface area contributed by atoms with Gasteiger partial charge in [0.2, 0.25) is 0 Å². The summed E-state index contributed by atoms with van der Waals surface area (Å²) in [6, 6.07) is 16.0. The number of halogens is 2. The van der Waals surface area contributed by atoms with Gasteiger partial charge < -0.3 is 24.8 Å². The van der Waals surface area contributed by atoms with Crippen molar-refractivity contribution >= 4 is 7.68 Å². The van der Waals surface area contributed by atoms with E-state index in [1.807, 2.05) is 0 Å². The van der Waals surface area contributed by atoms with E-state index in [-0.39, 0.29) is 24.8 Å². The minimum atomic E-state index is -1.62. The Labute approximate surface area is 175 Å². The second-order valence-electron chi connectivity index (χ2n) is 7.29. The fourth-order valence-electron chi connectivity index (χ4n) is 4.33. The van der Waals surface area contributed by atoms with Gasteiger partial charge in [0.1, 0.15) is 0 Å². The SMILES string of the molecule is CC1=[C]([Ti+2](=[C](C)C)[c]2cccc3c2Cc2ccccc2-3)C(C)C=C1.[Cl-].[Cl-]. The van der Waals surface area contributed by atoms with E-state index in [2.05, 4.69) is 82.3 Å². The molecule has 0 aliphatic heterocycles. The summed E-state index contributed by atoms with van der Waals surface area (Å²) in [5, 5.41) is 0. The van der Waals surface area contributed by atoms with Crippen molar-refractivity contribution < 1.29 is 42.2 Å². The van der Waals surface area contributed by atoms with Crippen LogP contribution in [0.25, 0.3) is 11.1 Å². The maximum Gasteiger partial charge on any atom is -1.00 e. The van der Waals surface area contributed by atoms with Crippen molar-refractivity contribution in [3.05, 3.63) is 75.2 Å². The summed E-state index contributed by atoms with van der Waals surface area (Å²) >= 11 is -1.62. The molecule has 0 heterocycles. The first-order valence-electron chi connectivity index (χ1n) is 8.85. The van der Waals surface area contributed by atoms with Gasteiger partial charge in [-0.1, -0.05) is 0 Å². The zero-order valence-electron chi connectivity index (χ0n) is 15.7. The minimum Gasteiger partial charge on any atom is -1.00 e. The molecule has 4 rings (SSSR count). The van der Waals surface area contributed by atoms with E-state index in [1.54, 1.807) is 17.1 Å². The van der Waals surface area contributed by atoms with Crippen molar-refractivity contribution in [3.63, 3.8) is 0 Å². The van der Waals surface area contributed by atoms with E-state index < -0.39 is 17.4 Å². The average molecular weight is 419 g/mol. The van der Waals surface area contributed by atoms with Crippen LogP contribution in [0, 0.1) is 5.92 Å². The average Bonchev–Trinajstić information content (AvgIpc) is 3.10. The predicted octanol–water partition coefficient (Wildman–Crippen LogP) is -0.799. The molecule has 0 aromatic heterocycles. The van der Waals surface area contributed by atoms with Crippen LogP contribution in [0.5, 0.6) is 0 Å². The summed E-state index contributed by atoms with van der Waals surface area (Å²) in [6.07, 6.45) is 5.84. The third kappa shape index (κ3) is 3.46. The molecule has 134 valence electrons. The van der Waals surface area contributed by atoms with Crippen molar-refractivity contribution in [1.82, 2.24) is 0 Å². The topological polar surface area (TPSA) is 0 Å². The molecule has 0 spiro atoms. The summed E-state index contributed by atoms with van der Waals surface area (Å²) in [5.74, 6) is 0.606. The number of allylic oxidation sites excluding steroid dienone is 4. The Hall–Kier alpha value is -0.916. The van der Waals surface area contributed by atoms with E-state index in [0.29, 0.717) is 5.92 Å². The molecule has 1 unspecified atom stereocenters. The summed E-state index contributed by atoms with van der Waals surface area (Å²) in [5.41, 5.74) is 7.55. The van der Waals surface area contributed by atoms with Crippen LogP contribution in [0.4, 0.5) is 0 Å². The second-order valence-corrected chi connectivity index (χ2v) is 11.7. The molecule has 26 heavy (non-hydrogen) atoms. The van der Waals surface area contributed by atoms with Crippen molar-refractivity contribution in [2.75, 3.05) is 0 Å². The first-order chi connectivity index (χ1) is 11.6. The summed E-state index contributed by atoms with van der Waals surface area (Å²) in [4.78, 5) is 0. The van der Waals surface area contributed by atoms with E-state index >= 15 is 0 Å². The summed E-state index contributed by atoms with van der Waals surface area (Å²) in [6.45, 7) is 9.41. The molecule has 0 nitrogen and oxygen atoms in total.